The summed E-state index contributed by atoms with van der Waals surface area (Å²) in [6.07, 6.45) is 1.22. The zero-order valence-corrected chi connectivity index (χ0v) is 19.1. The van der Waals surface area contributed by atoms with Crippen molar-refractivity contribution >= 4 is 39.5 Å². The van der Waals surface area contributed by atoms with Gasteiger partial charge in [-0.05, 0) is 47.8 Å². The van der Waals surface area contributed by atoms with Gasteiger partial charge in [-0.1, -0.05) is 12.1 Å². The molecule has 4 rings (SSSR count). The van der Waals surface area contributed by atoms with E-state index >= 15 is 0 Å². The fraction of sp³-hybridized carbons (Fsp3) is 0.381. The van der Waals surface area contributed by atoms with E-state index in [4.69, 9.17) is 0 Å². The summed E-state index contributed by atoms with van der Waals surface area (Å²) in [5.41, 5.74) is 1.76. The van der Waals surface area contributed by atoms with Gasteiger partial charge in [0.15, 0.2) is 0 Å². The number of hydrogen-bond donors (Lipinski definition) is 0. The lowest BCUT2D eigenvalue weighted by Crippen LogP contribution is -2.50. The van der Waals surface area contributed by atoms with Crippen LogP contribution in [0.3, 0.4) is 0 Å². The van der Waals surface area contributed by atoms with E-state index in [1.807, 2.05) is 47.8 Å². The molecular weight excluding hydrogens is 462 g/mol. The second-order valence-electron chi connectivity index (χ2n) is 7.32. The van der Waals surface area contributed by atoms with Crippen LogP contribution >= 0.6 is 23.5 Å². The van der Waals surface area contributed by atoms with Gasteiger partial charge in [-0.15, -0.1) is 23.5 Å². The molecule has 0 N–H and O–H groups in total. The van der Waals surface area contributed by atoms with Crippen LogP contribution < -0.4 is 0 Å². The SMILES string of the molecule is O=C(c1ccc(C2SCCCS2)cc1)N1CCN(S(=O)(=O)c2ccc(F)cc2F)CC1. The van der Waals surface area contributed by atoms with Gasteiger partial charge >= 0.3 is 0 Å². The van der Waals surface area contributed by atoms with E-state index in [0.29, 0.717) is 16.2 Å². The summed E-state index contributed by atoms with van der Waals surface area (Å²) in [6.45, 7) is 0.518. The molecule has 166 valence electrons. The number of carbonyl (C=O) groups excluding carboxylic acids is 1. The molecule has 0 bridgehead atoms. The third kappa shape index (κ3) is 4.92. The van der Waals surface area contributed by atoms with Crippen LogP contribution in [0.25, 0.3) is 0 Å². The molecule has 2 aliphatic rings. The highest BCUT2D eigenvalue weighted by Crippen LogP contribution is 2.43. The summed E-state index contributed by atoms with van der Waals surface area (Å²) < 4.78 is 54.0. The predicted molar refractivity (Wildman–Crippen MR) is 120 cm³/mol. The number of hydrogen-bond acceptors (Lipinski definition) is 5. The third-order valence-corrected chi connectivity index (χ3v) is 10.2. The average Bonchev–Trinajstić information content (AvgIpc) is 2.79. The Labute approximate surface area is 189 Å². The van der Waals surface area contributed by atoms with Crippen molar-refractivity contribution in [2.24, 2.45) is 0 Å². The number of piperazine rings is 1. The molecule has 0 aliphatic carbocycles. The standard InChI is InChI=1S/C21H22F2N2O3S3/c22-17-6-7-19(18(23)14-17)31(27,28)25-10-8-24(9-11-25)20(26)15-2-4-16(5-3-15)21-29-12-1-13-30-21/h2-7,14,21H,1,8-13H2. The molecule has 2 aliphatic heterocycles. The Kier molecular flexibility index (Phi) is 6.90. The third-order valence-electron chi connectivity index (χ3n) is 5.29. The molecular formula is C21H22F2N2O3S3. The summed E-state index contributed by atoms with van der Waals surface area (Å²) in [7, 11) is -4.09. The van der Waals surface area contributed by atoms with E-state index in [0.717, 1.165) is 27.9 Å². The van der Waals surface area contributed by atoms with Crippen molar-refractivity contribution < 1.29 is 22.0 Å². The number of amides is 1. The van der Waals surface area contributed by atoms with Crippen LogP contribution in [0.2, 0.25) is 0 Å². The van der Waals surface area contributed by atoms with Crippen molar-refractivity contribution in [2.45, 2.75) is 15.9 Å². The minimum absolute atomic E-state index is 0.0539. The van der Waals surface area contributed by atoms with E-state index in [1.54, 1.807) is 4.90 Å². The minimum Gasteiger partial charge on any atom is -0.336 e. The second kappa shape index (κ2) is 9.48. The van der Waals surface area contributed by atoms with Crippen molar-refractivity contribution in [1.82, 2.24) is 9.21 Å². The van der Waals surface area contributed by atoms with Gasteiger partial charge in [-0.25, -0.2) is 17.2 Å². The van der Waals surface area contributed by atoms with Gasteiger partial charge in [-0.3, -0.25) is 4.79 Å². The number of rotatable bonds is 4. The Balaban J connectivity index is 1.39. The molecule has 0 spiro atoms. The molecule has 5 nitrogen and oxygen atoms in total. The van der Waals surface area contributed by atoms with Crippen LogP contribution in [0.15, 0.2) is 47.4 Å². The van der Waals surface area contributed by atoms with Crippen molar-refractivity contribution in [3.05, 3.63) is 65.2 Å². The van der Waals surface area contributed by atoms with Crippen LogP contribution in [-0.2, 0) is 10.0 Å². The van der Waals surface area contributed by atoms with Crippen molar-refractivity contribution in [3.63, 3.8) is 0 Å². The van der Waals surface area contributed by atoms with Gasteiger partial charge in [0.1, 0.15) is 16.5 Å². The zero-order valence-electron chi connectivity index (χ0n) is 16.7. The Morgan fingerprint density at radius 3 is 2.19 bits per heavy atom. The van der Waals surface area contributed by atoms with Gasteiger partial charge < -0.3 is 4.90 Å². The highest BCUT2D eigenvalue weighted by molar-refractivity contribution is 8.16. The van der Waals surface area contributed by atoms with Gasteiger partial charge in [0.05, 0.1) is 4.58 Å². The Morgan fingerprint density at radius 1 is 0.935 bits per heavy atom. The smallest absolute Gasteiger partial charge is 0.253 e. The fourth-order valence-corrected chi connectivity index (χ4v) is 7.96. The van der Waals surface area contributed by atoms with Gasteiger partial charge in [0.2, 0.25) is 10.0 Å². The molecule has 2 saturated heterocycles. The molecule has 0 saturated carbocycles. The molecule has 0 aromatic heterocycles. The van der Waals surface area contributed by atoms with E-state index in [9.17, 15) is 22.0 Å². The molecule has 1 amide bonds. The van der Waals surface area contributed by atoms with Crippen LogP contribution in [0, 0.1) is 11.6 Å². The number of nitrogens with zero attached hydrogens (tertiary/aromatic N) is 2. The topological polar surface area (TPSA) is 57.7 Å². The maximum Gasteiger partial charge on any atom is 0.253 e. The Hall–Kier alpha value is -1.62. The van der Waals surface area contributed by atoms with E-state index in [-0.39, 0.29) is 32.1 Å². The summed E-state index contributed by atoms with van der Waals surface area (Å²) in [4.78, 5) is 13.9. The molecule has 10 heteroatoms. The monoisotopic (exact) mass is 484 g/mol. The molecule has 0 atom stereocenters. The first kappa shape index (κ1) is 22.6. The summed E-state index contributed by atoms with van der Waals surface area (Å²) in [5, 5.41) is 0. The number of halogens is 2. The predicted octanol–water partition coefficient (Wildman–Crippen LogP) is 3.98. The van der Waals surface area contributed by atoms with Gasteiger partial charge in [-0.2, -0.15) is 4.31 Å². The van der Waals surface area contributed by atoms with E-state index in [1.165, 1.54) is 12.0 Å². The minimum atomic E-state index is -4.09. The van der Waals surface area contributed by atoms with E-state index < -0.39 is 26.6 Å². The van der Waals surface area contributed by atoms with Crippen molar-refractivity contribution in [1.29, 1.82) is 0 Å². The maximum atomic E-state index is 14.0. The quantitative estimate of drug-likeness (QED) is 0.657. The molecule has 2 heterocycles. The first-order valence-corrected chi connectivity index (χ1v) is 13.5. The molecule has 31 heavy (non-hydrogen) atoms. The first-order chi connectivity index (χ1) is 14.9. The lowest BCUT2D eigenvalue weighted by molar-refractivity contribution is 0.0697. The summed E-state index contributed by atoms with van der Waals surface area (Å²) in [5.74, 6) is 0.188. The highest BCUT2D eigenvalue weighted by Gasteiger charge is 2.32. The number of carbonyl (C=O) groups is 1. The fourth-order valence-electron chi connectivity index (χ4n) is 3.60. The van der Waals surface area contributed by atoms with Gasteiger partial charge in [0, 0.05) is 37.8 Å². The number of sulfonamides is 1. The Bertz CT molecular complexity index is 1050. The van der Waals surface area contributed by atoms with E-state index in [2.05, 4.69) is 0 Å². The molecule has 2 fully saturated rings. The average molecular weight is 485 g/mol. The zero-order chi connectivity index (χ0) is 22.0. The van der Waals surface area contributed by atoms with Crippen molar-refractivity contribution in [2.75, 3.05) is 37.7 Å². The largest absolute Gasteiger partial charge is 0.336 e. The lowest BCUT2D eigenvalue weighted by Gasteiger charge is -2.34. The van der Waals surface area contributed by atoms with Crippen LogP contribution in [0.5, 0.6) is 0 Å². The normalized spacial score (nSPS) is 18.8. The molecule has 0 unspecified atom stereocenters. The maximum absolute atomic E-state index is 14.0. The number of thioether (sulfide) groups is 2. The van der Waals surface area contributed by atoms with Crippen LogP contribution in [0.4, 0.5) is 8.78 Å². The molecule has 2 aromatic rings. The Morgan fingerprint density at radius 2 is 1.58 bits per heavy atom. The van der Waals surface area contributed by atoms with Gasteiger partial charge in [0.25, 0.3) is 5.91 Å². The molecule has 0 radical (unpaired) electrons. The van der Waals surface area contributed by atoms with Crippen LogP contribution in [0.1, 0.15) is 26.9 Å². The first-order valence-electron chi connectivity index (χ1n) is 9.94. The van der Waals surface area contributed by atoms with Crippen LogP contribution in [-0.4, -0.2) is 61.2 Å². The van der Waals surface area contributed by atoms with Crippen molar-refractivity contribution in [3.8, 4) is 0 Å². The summed E-state index contributed by atoms with van der Waals surface area (Å²) in [6, 6.07) is 10.0. The molecule has 2 aromatic carbocycles. The summed E-state index contributed by atoms with van der Waals surface area (Å²) >= 11 is 3.84. The highest BCUT2D eigenvalue weighted by atomic mass is 32.2. The second-order valence-corrected chi connectivity index (χ2v) is 12.0. The number of benzene rings is 2. The lowest BCUT2D eigenvalue weighted by atomic mass is 10.1.